The molecule has 4 aromatic rings. The predicted octanol–water partition coefficient (Wildman–Crippen LogP) is 9.51. The number of hydrogen-bond acceptors (Lipinski definition) is 0. The molecule has 0 atom stereocenters. The second-order valence-electron chi connectivity index (χ2n) is 7.11. The fourth-order valence-corrected chi connectivity index (χ4v) is 3.90. The molecule has 3 aromatic carbocycles. The highest BCUT2D eigenvalue weighted by Crippen LogP contribution is 2.35. The second kappa shape index (κ2) is 15.8. The molecular weight excluding hydrogens is 398 g/mol. The lowest BCUT2D eigenvalue weighted by Crippen LogP contribution is -2.40. The van der Waals surface area contributed by atoms with Crippen LogP contribution in [-0.4, -0.2) is 0 Å². The fraction of sp³-hybridized carbons (Fsp3) is 0.344. The Labute approximate surface area is 203 Å². The minimum Gasteiger partial charge on any atom is -0.197 e. The van der Waals surface area contributed by atoms with Gasteiger partial charge in [0.05, 0.1) is 16.5 Å². The van der Waals surface area contributed by atoms with E-state index in [1.54, 1.807) is 0 Å². The van der Waals surface area contributed by atoms with Gasteiger partial charge in [-0.1, -0.05) is 129 Å². The molecule has 0 aliphatic carbocycles. The van der Waals surface area contributed by atoms with Gasteiger partial charge in [0, 0.05) is 11.8 Å². The number of pyridine rings is 1. The Hall–Kier alpha value is -2.93. The molecule has 1 nitrogen and oxygen atoms in total. The van der Waals surface area contributed by atoms with Crippen LogP contribution in [0.2, 0.25) is 0 Å². The zero-order chi connectivity index (χ0) is 24.6. The maximum atomic E-state index is 2.44. The van der Waals surface area contributed by atoms with Crippen molar-refractivity contribution >= 4 is 10.8 Å². The molecule has 1 aliphatic heterocycles. The van der Waals surface area contributed by atoms with E-state index in [2.05, 4.69) is 103 Å². The summed E-state index contributed by atoms with van der Waals surface area (Å²) in [5.74, 6) is 0. The van der Waals surface area contributed by atoms with Crippen LogP contribution >= 0.6 is 0 Å². The standard InChI is InChI=1S/C23H18N.C3H8.3C2H6/c1-2-8-17(9-3-1)22-16-24-15-14-18-10-4-5-11-19(18)23(24)21-13-7-6-12-20(21)22;1-3-2;3*1-2/h1-13,16H,14-15H2;3H2,1-2H3;3*1-2H3/q+1;;;;. The summed E-state index contributed by atoms with van der Waals surface area (Å²) in [6.45, 7) is 17.3. The molecule has 1 aliphatic rings. The molecule has 1 aromatic heterocycles. The minimum atomic E-state index is 1.04. The van der Waals surface area contributed by atoms with Crippen LogP contribution in [-0.2, 0) is 13.0 Å². The molecule has 2 heterocycles. The van der Waals surface area contributed by atoms with Crippen LogP contribution in [0.25, 0.3) is 33.2 Å². The van der Waals surface area contributed by atoms with Gasteiger partial charge in [0.25, 0.3) is 0 Å². The normalized spacial score (nSPS) is 10.3. The number of rotatable bonds is 1. The smallest absolute Gasteiger partial charge is 0.197 e. The van der Waals surface area contributed by atoms with Crippen molar-refractivity contribution in [2.45, 2.75) is 74.8 Å². The molecule has 0 fully saturated rings. The van der Waals surface area contributed by atoms with Gasteiger partial charge in [-0.05, 0) is 23.3 Å². The van der Waals surface area contributed by atoms with E-state index >= 15 is 0 Å². The third-order valence-electron chi connectivity index (χ3n) is 5.02. The van der Waals surface area contributed by atoms with E-state index in [-0.39, 0.29) is 0 Å². The molecule has 0 saturated carbocycles. The lowest BCUT2D eigenvalue weighted by molar-refractivity contribution is -0.686. The SMILES string of the molecule is CC.CC.CC.CCC.c1ccc(-c2c[n+]3c(c4ccccc24)-c2ccccc2CC3)cc1. The van der Waals surface area contributed by atoms with E-state index in [4.69, 9.17) is 0 Å². The van der Waals surface area contributed by atoms with Gasteiger partial charge in [-0.15, -0.1) is 0 Å². The number of hydrogen-bond donors (Lipinski definition) is 0. The molecule has 1 heteroatoms. The second-order valence-corrected chi connectivity index (χ2v) is 7.11. The Morgan fingerprint density at radius 1 is 0.606 bits per heavy atom. The first kappa shape index (κ1) is 28.1. The Kier molecular flexibility index (Phi) is 13.5. The number of aromatic nitrogens is 1. The highest BCUT2D eigenvalue weighted by Gasteiger charge is 2.26. The summed E-state index contributed by atoms with van der Waals surface area (Å²) in [5.41, 5.74) is 6.78. The number of nitrogens with zero attached hydrogens (tertiary/aromatic N) is 1. The summed E-state index contributed by atoms with van der Waals surface area (Å²) in [5, 5.41) is 2.66. The average Bonchev–Trinajstić information content (AvgIpc) is 2.92. The summed E-state index contributed by atoms with van der Waals surface area (Å²) in [7, 11) is 0. The highest BCUT2D eigenvalue weighted by molar-refractivity contribution is 6.02. The molecular formula is C32H44N+. The molecule has 0 spiro atoms. The Morgan fingerprint density at radius 3 is 1.76 bits per heavy atom. The number of benzene rings is 3. The first-order valence-electron chi connectivity index (χ1n) is 12.9. The Morgan fingerprint density at radius 2 is 1.12 bits per heavy atom. The topological polar surface area (TPSA) is 3.88 Å². The van der Waals surface area contributed by atoms with Crippen LogP contribution in [0.1, 0.15) is 67.4 Å². The van der Waals surface area contributed by atoms with Crippen LogP contribution in [0.3, 0.4) is 0 Å². The van der Waals surface area contributed by atoms with Crippen LogP contribution in [0.15, 0.2) is 85.1 Å². The van der Waals surface area contributed by atoms with E-state index in [9.17, 15) is 0 Å². The van der Waals surface area contributed by atoms with Gasteiger partial charge >= 0.3 is 0 Å². The van der Waals surface area contributed by atoms with Crippen molar-refractivity contribution in [2.75, 3.05) is 0 Å². The van der Waals surface area contributed by atoms with Crippen molar-refractivity contribution in [3.63, 3.8) is 0 Å². The van der Waals surface area contributed by atoms with Crippen molar-refractivity contribution in [3.8, 4) is 22.4 Å². The Bertz CT molecular complexity index is 1060. The van der Waals surface area contributed by atoms with Crippen molar-refractivity contribution in [2.24, 2.45) is 0 Å². The molecule has 0 bridgehead atoms. The lowest BCUT2D eigenvalue weighted by atomic mass is 9.91. The molecule has 0 N–H and O–H groups in total. The zero-order valence-electron chi connectivity index (χ0n) is 22.2. The van der Waals surface area contributed by atoms with Crippen LogP contribution in [0, 0.1) is 0 Å². The summed E-state index contributed by atoms with van der Waals surface area (Å²) in [6, 6.07) is 28.3. The third-order valence-corrected chi connectivity index (χ3v) is 5.02. The quantitative estimate of drug-likeness (QED) is 0.258. The van der Waals surface area contributed by atoms with Crippen LogP contribution in [0.4, 0.5) is 0 Å². The molecule has 33 heavy (non-hydrogen) atoms. The summed E-state index contributed by atoms with van der Waals surface area (Å²) < 4.78 is 2.44. The third kappa shape index (κ3) is 6.78. The van der Waals surface area contributed by atoms with E-state index < -0.39 is 0 Å². The summed E-state index contributed by atoms with van der Waals surface area (Å²) in [6.07, 6.45) is 4.68. The fourth-order valence-electron chi connectivity index (χ4n) is 3.90. The monoisotopic (exact) mass is 442 g/mol. The highest BCUT2D eigenvalue weighted by atomic mass is 15.0. The summed E-state index contributed by atoms with van der Waals surface area (Å²) in [4.78, 5) is 0. The maximum Gasteiger partial charge on any atom is 0.220 e. The zero-order valence-corrected chi connectivity index (χ0v) is 22.2. The van der Waals surface area contributed by atoms with E-state index in [1.807, 2.05) is 41.5 Å². The largest absolute Gasteiger partial charge is 0.220 e. The van der Waals surface area contributed by atoms with E-state index in [0.29, 0.717) is 0 Å². The van der Waals surface area contributed by atoms with Gasteiger partial charge in [0.2, 0.25) is 5.69 Å². The maximum absolute atomic E-state index is 2.44. The molecule has 0 radical (unpaired) electrons. The lowest BCUT2D eigenvalue weighted by Gasteiger charge is -2.18. The van der Waals surface area contributed by atoms with Crippen LogP contribution in [0.5, 0.6) is 0 Å². The van der Waals surface area contributed by atoms with Crippen molar-refractivity contribution in [3.05, 3.63) is 90.6 Å². The van der Waals surface area contributed by atoms with Gasteiger partial charge in [-0.25, -0.2) is 0 Å². The first-order valence-corrected chi connectivity index (χ1v) is 12.9. The average molecular weight is 443 g/mol. The van der Waals surface area contributed by atoms with E-state index in [1.165, 1.54) is 45.1 Å². The number of fused-ring (bicyclic) bond motifs is 5. The molecule has 0 saturated heterocycles. The Balaban J connectivity index is 0.000000540. The molecule has 5 rings (SSSR count). The van der Waals surface area contributed by atoms with E-state index in [0.717, 1.165) is 13.0 Å². The van der Waals surface area contributed by atoms with Gasteiger partial charge in [0.15, 0.2) is 12.7 Å². The van der Waals surface area contributed by atoms with Gasteiger partial charge in [-0.2, -0.15) is 4.57 Å². The van der Waals surface area contributed by atoms with Gasteiger partial charge < -0.3 is 0 Å². The van der Waals surface area contributed by atoms with Crippen molar-refractivity contribution in [1.82, 2.24) is 0 Å². The van der Waals surface area contributed by atoms with Gasteiger partial charge in [-0.3, -0.25) is 0 Å². The predicted molar refractivity (Wildman–Crippen MR) is 149 cm³/mol. The van der Waals surface area contributed by atoms with Crippen molar-refractivity contribution < 1.29 is 4.57 Å². The van der Waals surface area contributed by atoms with Crippen molar-refractivity contribution in [1.29, 1.82) is 0 Å². The molecule has 0 amide bonds. The van der Waals surface area contributed by atoms with Crippen LogP contribution < -0.4 is 4.57 Å². The molecule has 176 valence electrons. The molecule has 0 unspecified atom stereocenters. The number of aryl methyl sites for hydroxylation is 2. The minimum absolute atomic E-state index is 1.04. The first-order chi connectivity index (χ1) is 16.3. The van der Waals surface area contributed by atoms with Gasteiger partial charge in [0.1, 0.15) is 0 Å². The summed E-state index contributed by atoms with van der Waals surface area (Å²) >= 11 is 0.